The third-order valence-corrected chi connectivity index (χ3v) is 5.43. The van der Waals surface area contributed by atoms with Crippen LogP contribution in [0.5, 0.6) is 0 Å². The minimum atomic E-state index is -3.05. The standard InChI is InChI=1S/C11H12Cl2N2O3S/c12-9-4-6(14)3-8(10(9)13)11(16)15-7-1-2-19(17,18)5-7/h3-4,7H,1-2,5,14H2,(H,15,16). The Morgan fingerprint density at radius 2 is 2.05 bits per heavy atom. The van der Waals surface area contributed by atoms with Crippen molar-refractivity contribution in [1.29, 1.82) is 0 Å². The molecule has 3 N–H and O–H groups in total. The molecule has 0 saturated carbocycles. The lowest BCUT2D eigenvalue weighted by molar-refractivity contribution is 0.0941. The molecule has 1 amide bonds. The first-order valence-electron chi connectivity index (χ1n) is 5.54. The van der Waals surface area contributed by atoms with E-state index >= 15 is 0 Å². The van der Waals surface area contributed by atoms with Gasteiger partial charge in [0.2, 0.25) is 0 Å². The minimum Gasteiger partial charge on any atom is -0.399 e. The molecule has 0 radical (unpaired) electrons. The second-order valence-electron chi connectivity index (χ2n) is 4.44. The van der Waals surface area contributed by atoms with E-state index in [1.165, 1.54) is 12.1 Å². The maximum Gasteiger partial charge on any atom is 0.253 e. The first kappa shape index (κ1) is 14.4. The van der Waals surface area contributed by atoms with Crippen LogP contribution in [0, 0.1) is 0 Å². The summed E-state index contributed by atoms with van der Waals surface area (Å²) in [6.07, 6.45) is 0.405. The summed E-state index contributed by atoms with van der Waals surface area (Å²) in [6, 6.07) is 2.46. The highest BCUT2D eigenvalue weighted by atomic mass is 35.5. The molecular weight excluding hydrogens is 311 g/mol. The number of benzene rings is 1. The van der Waals surface area contributed by atoms with Gasteiger partial charge in [0.1, 0.15) is 0 Å². The maximum absolute atomic E-state index is 12.0. The molecule has 1 aliphatic heterocycles. The van der Waals surface area contributed by atoms with Crippen LogP contribution in [0.15, 0.2) is 12.1 Å². The molecule has 1 fully saturated rings. The molecule has 1 unspecified atom stereocenters. The van der Waals surface area contributed by atoms with Gasteiger partial charge in [-0.05, 0) is 18.6 Å². The summed E-state index contributed by atoms with van der Waals surface area (Å²) in [4.78, 5) is 12.0. The van der Waals surface area contributed by atoms with Gasteiger partial charge in [-0.15, -0.1) is 0 Å². The Bertz CT molecular complexity index is 631. The van der Waals surface area contributed by atoms with Crippen molar-refractivity contribution in [3.05, 3.63) is 27.7 Å². The van der Waals surface area contributed by atoms with Crippen molar-refractivity contribution in [3.8, 4) is 0 Å². The molecule has 1 aromatic carbocycles. The van der Waals surface area contributed by atoms with Gasteiger partial charge in [-0.1, -0.05) is 23.2 Å². The average Bonchev–Trinajstić information content (AvgIpc) is 2.63. The normalized spacial score (nSPS) is 21.3. The smallest absolute Gasteiger partial charge is 0.253 e. The minimum absolute atomic E-state index is 0.0492. The molecular formula is C11H12Cl2N2O3S. The predicted molar refractivity (Wildman–Crippen MR) is 75.4 cm³/mol. The zero-order valence-corrected chi connectivity index (χ0v) is 12.1. The Balaban J connectivity index is 2.17. The van der Waals surface area contributed by atoms with Crippen molar-refractivity contribution < 1.29 is 13.2 Å². The number of halogens is 2. The zero-order chi connectivity index (χ0) is 14.2. The number of nitrogens with one attached hydrogen (secondary N) is 1. The van der Waals surface area contributed by atoms with Crippen molar-refractivity contribution in [2.24, 2.45) is 0 Å². The van der Waals surface area contributed by atoms with E-state index in [1.807, 2.05) is 0 Å². The van der Waals surface area contributed by atoms with Crippen LogP contribution in [-0.4, -0.2) is 31.9 Å². The van der Waals surface area contributed by atoms with Crippen LogP contribution in [-0.2, 0) is 9.84 Å². The molecule has 0 aliphatic carbocycles. The van der Waals surface area contributed by atoms with Crippen LogP contribution in [0.4, 0.5) is 5.69 Å². The van der Waals surface area contributed by atoms with E-state index in [-0.39, 0.29) is 27.1 Å². The molecule has 1 heterocycles. The second kappa shape index (κ2) is 5.19. The molecule has 104 valence electrons. The quantitative estimate of drug-likeness (QED) is 0.807. The van der Waals surface area contributed by atoms with E-state index in [0.717, 1.165) is 0 Å². The Morgan fingerprint density at radius 1 is 1.37 bits per heavy atom. The van der Waals surface area contributed by atoms with Crippen molar-refractivity contribution in [2.75, 3.05) is 17.2 Å². The molecule has 5 nitrogen and oxygen atoms in total. The largest absolute Gasteiger partial charge is 0.399 e. The number of sulfone groups is 1. The summed E-state index contributed by atoms with van der Waals surface area (Å²) in [5.74, 6) is -0.434. The molecule has 1 atom stereocenters. The van der Waals surface area contributed by atoms with Gasteiger partial charge < -0.3 is 11.1 Å². The van der Waals surface area contributed by atoms with Crippen LogP contribution in [0.25, 0.3) is 0 Å². The SMILES string of the molecule is Nc1cc(Cl)c(Cl)c(C(=O)NC2CCS(=O)(=O)C2)c1. The topological polar surface area (TPSA) is 89.3 Å². The Kier molecular flexibility index (Phi) is 3.94. The second-order valence-corrected chi connectivity index (χ2v) is 7.45. The van der Waals surface area contributed by atoms with Crippen LogP contribution >= 0.6 is 23.2 Å². The van der Waals surface area contributed by atoms with Gasteiger partial charge in [0.15, 0.2) is 9.84 Å². The fourth-order valence-corrected chi connectivity index (χ4v) is 4.04. The lowest BCUT2D eigenvalue weighted by Gasteiger charge is -2.12. The van der Waals surface area contributed by atoms with Gasteiger partial charge in [-0.2, -0.15) is 0 Å². The summed E-state index contributed by atoms with van der Waals surface area (Å²) >= 11 is 11.8. The number of rotatable bonds is 2. The number of nitrogen functional groups attached to an aromatic ring is 1. The monoisotopic (exact) mass is 322 g/mol. The number of carbonyl (C=O) groups excluding carboxylic acids is 1. The predicted octanol–water partition coefficient (Wildman–Crippen LogP) is 1.49. The molecule has 1 aromatic rings. The summed E-state index contributed by atoms with van der Waals surface area (Å²) in [6.45, 7) is 0. The van der Waals surface area contributed by atoms with E-state index in [0.29, 0.717) is 12.1 Å². The molecule has 19 heavy (non-hydrogen) atoms. The fourth-order valence-electron chi connectivity index (χ4n) is 1.95. The lowest BCUT2D eigenvalue weighted by atomic mass is 10.1. The Morgan fingerprint density at radius 3 is 2.63 bits per heavy atom. The summed E-state index contributed by atoms with van der Waals surface area (Å²) < 4.78 is 22.6. The van der Waals surface area contributed by atoms with E-state index in [1.54, 1.807) is 0 Å². The highest BCUT2D eigenvalue weighted by Gasteiger charge is 2.29. The number of anilines is 1. The molecule has 8 heteroatoms. The molecule has 0 spiro atoms. The third-order valence-electron chi connectivity index (χ3n) is 2.86. The van der Waals surface area contributed by atoms with E-state index in [9.17, 15) is 13.2 Å². The van der Waals surface area contributed by atoms with Crippen LogP contribution in [0.2, 0.25) is 10.0 Å². The number of hydrogen-bond donors (Lipinski definition) is 2. The number of nitrogens with two attached hydrogens (primary N) is 1. The summed E-state index contributed by atoms with van der Waals surface area (Å²) in [7, 11) is -3.05. The van der Waals surface area contributed by atoms with Crippen molar-refractivity contribution >= 4 is 44.6 Å². The maximum atomic E-state index is 12.0. The number of carbonyl (C=O) groups is 1. The average molecular weight is 323 g/mol. The first-order valence-corrected chi connectivity index (χ1v) is 8.12. The highest BCUT2D eigenvalue weighted by molar-refractivity contribution is 7.91. The van der Waals surface area contributed by atoms with Crippen molar-refractivity contribution in [3.63, 3.8) is 0 Å². The van der Waals surface area contributed by atoms with Crippen LogP contribution < -0.4 is 11.1 Å². The van der Waals surface area contributed by atoms with Crippen molar-refractivity contribution in [2.45, 2.75) is 12.5 Å². The first-order chi connectivity index (χ1) is 8.78. The highest BCUT2D eigenvalue weighted by Crippen LogP contribution is 2.29. The summed E-state index contributed by atoms with van der Waals surface area (Å²) in [5.41, 5.74) is 6.07. The zero-order valence-electron chi connectivity index (χ0n) is 9.82. The molecule has 1 aliphatic rings. The molecule has 0 bridgehead atoms. The molecule has 0 aromatic heterocycles. The van der Waals surface area contributed by atoms with Gasteiger partial charge in [0.05, 0.1) is 27.1 Å². The molecule has 2 rings (SSSR count). The third kappa shape index (κ3) is 3.32. The van der Waals surface area contributed by atoms with E-state index in [4.69, 9.17) is 28.9 Å². The van der Waals surface area contributed by atoms with E-state index in [2.05, 4.69) is 5.32 Å². The number of hydrogen-bond acceptors (Lipinski definition) is 4. The van der Waals surface area contributed by atoms with Crippen LogP contribution in [0.3, 0.4) is 0 Å². The Labute approximate surface area is 121 Å². The van der Waals surface area contributed by atoms with Gasteiger partial charge >= 0.3 is 0 Å². The lowest BCUT2D eigenvalue weighted by Crippen LogP contribution is -2.35. The van der Waals surface area contributed by atoms with Gasteiger partial charge in [-0.3, -0.25) is 4.79 Å². The van der Waals surface area contributed by atoms with Gasteiger partial charge in [0, 0.05) is 11.7 Å². The van der Waals surface area contributed by atoms with E-state index < -0.39 is 21.8 Å². The van der Waals surface area contributed by atoms with Gasteiger partial charge in [-0.25, -0.2) is 8.42 Å². The Hall–Kier alpha value is -0.980. The van der Waals surface area contributed by atoms with Crippen molar-refractivity contribution in [1.82, 2.24) is 5.32 Å². The number of amides is 1. The fraction of sp³-hybridized carbons (Fsp3) is 0.364. The van der Waals surface area contributed by atoms with Gasteiger partial charge in [0.25, 0.3) is 5.91 Å². The van der Waals surface area contributed by atoms with Crippen LogP contribution in [0.1, 0.15) is 16.8 Å². The molecule has 1 saturated heterocycles. The summed E-state index contributed by atoms with van der Waals surface area (Å²) in [5, 5.41) is 2.92.